The number of rotatable bonds is 5. The molecule has 2 aromatic carbocycles. The first kappa shape index (κ1) is 22.8. The standard InChI is InChI=1S/C23H26FN3O3S2/c1-3-18-7-5-6-14-27(18)32(29,30)19-11-8-16(9-12-19)22(28)25-23-26(4-2)20-13-10-17(24)15-21(20)31-23/h8-13,15,18H,3-7,14H2,1-2H3. The highest BCUT2D eigenvalue weighted by molar-refractivity contribution is 7.89. The number of carbonyl (C=O) groups is 1. The molecule has 9 heteroatoms. The zero-order chi connectivity index (χ0) is 22.9. The van der Waals surface area contributed by atoms with Gasteiger partial charge >= 0.3 is 0 Å². The number of fused-ring (bicyclic) bond motifs is 1. The van der Waals surface area contributed by atoms with E-state index in [4.69, 9.17) is 0 Å². The van der Waals surface area contributed by atoms with Gasteiger partial charge in [-0.25, -0.2) is 12.8 Å². The van der Waals surface area contributed by atoms with E-state index in [1.54, 1.807) is 10.4 Å². The van der Waals surface area contributed by atoms with Crippen LogP contribution in [0.3, 0.4) is 0 Å². The van der Waals surface area contributed by atoms with Gasteiger partial charge in [-0.2, -0.15) is 9.30 Å². The maximum Gasteiger partial charge on any atom is 0.279 e. The van der Waals surface area contributed by atoms with Gasteiger partial charge in [-0.15, -0.1) is 0 Å². The molecule has 0 bridgehead atoms. The first-order valence-corrected chi connectivity index (χ1v) is 13.1. The molecule has 1 atom stereocenters. The van der Waals surface area contributed by atoms with Gasteiger partial charge in [0.1, 0.15) is 5.82 Å². The largest absolute Gasteiger partial charge is 0.317 e. The number of hydrogen-bond donors (Lipinski definition) is 0. The van der Waals surface area contributed by atoms with Crippen molar-refractivity contribution >= 4 is 37.5 Å². The fourth-order valence-electron chi connectivity index (χ4n) is 4.19. The van der Waals surface area contributed by atoms with Gasteiger partial charge < -0.3 is 4.57 Å². The molecule has 0 saturated carbocycles. The molecule has 1 amide bonds. The highest BCUT2D eigenvalue weighted by Crippen LogP contribution is 2.27. The van der Waals surface area contributed by atoms with Crippen molar-refractivity contribution in [1.29, 1.82) is 0 Å². The van der Waals surface area contributed by atoms with Gasteiger partial charge in [0.05, 0.1) is 15.1 Å². The quantitative estimate of drug-likeness (QED) is 0.543. The Balaban J connectivity index is 1.63. The fourth-order valence-corrected chi connectivity index (χ4v) is 7.08. The van der Waals surface area contributed by atoms with E-state index in [2.05, 4.69) is 4.99 Å². The number of amides is 1. The summed E-state index contributed by atoms with van der Waals surface area (Å²) in [7, 11) is -3.60. The molecule has 1 fully saturated rings. The number of aryl methyl sites for hydroxylation is 1. The van der Waals surface area contributed by atoms with Crippen LogP contribution in [-0.2, 0) is 16.6 Å². The van der Waals surface area contributed by atoms with Crippen LogP contribution in [-0.4, -0.2) is 35.8 Å². The first-order chi connectivity index (χ1) is 15.3. The molecule has 0 N–H and O–H groups in total. The Bertz CT molecular complexity index is 1310. The van der Waals surface area contributed by atoms with Crippen molar-refractivity contribution in [2.75, 3.05) is 6.54 Å². The molecule has 1 aliphatic heterocycles. The van der Waals surface area contributed by atoms with Crippen LogP contribution in [0.5, 0.6) is 0 Å². The zero-order valence-corrected chi connectivity index (χ0v) is 19.8. The maximum atomic E-state index is 13.6. The van der Waals surface area contributed by atoms with Crippen LogP contribution >= 0.6 is 11.3 Å². The van der Waals surface area contributed by atoms with E-state index in [9.17, 15) is 17.6 Å². The van der Waals surface area contributed by atoms with Crippen LogP contribution in [0.4, 0.5) is 4.39 Å². The van der Waals surface area contributed by atoms with Gasteiger partial charge in [-0.1, -0.05) is 24.7 Å². The summed E-state index contributed by atoms with van der Waals surface area (Å²) in [5.74, 6) is -0.803. The van der Waals surface area contributed by atoms with Crippen molar-refractivity contribution in [3.8, 4) is 0 Å². The number of hydrogen-bond acceptors (Lipinski definition) is 4. The lowest BCUT2D eigenvalue weighted by atomic mass is 10.0. The molecular weight excluding hydrogens is 449 g/mol. The molecule has 32 heavy (non-hydrogen) atoms. The minimum absolute atomic E-state index is 0.0207. The Labute approximate surface area is 191 Å². The summed E-state index contributed by atoms with van der Waals surface area (Å²) in [5, 5.41) is 0. The molecule has 0 radical (unpaired) electrons. The number of benzene rings is 2. The second-order valence-corrected chi connectivity index (χ2v) is 10.8. The molecule has 0 aliphatic carbocycles. The van der Waals surface area contributed by atoms with E-state index in [-0.39, 0.29) is 16.8 Å². The zero-order valence-electron chi connectivity index (χ0n) is 18.1. The molecule has 0 spiro atoms. The van der Waals surface area contributed by atoms with E-state index in [1.165, 1.54) is 47.7 Å². The van der Waals surface area contributed by atoms with Gasteiger partial charge in [0.2, 0.25) is 10.0 Å². The molecule has 1 unspecified atom stereocenters. The Kier molecular flexibility index (Phi) is 6.60. The van der Waals surface area contributed by atoms with E-state index in [0.29, 0.717) is 28.2 Å². The van der Waals surface area contributed by atoms with E-state index >= 15 is 0 Å². The number of aromatic nitrogens is 1. The summed E-state index contributed by atoms with van der Waals surface area (Å²) in [4.78, 5) is 17.7. The monoisotopic (exact) mass is 475 g/mol. The van der Waals surface area contributed by atoms with Crippen molar-refractivity contribution < 1.29 is 17.6 Å². The van der Waals surface area contributed by atoms with Crippen molar-refractivity contribution in [2.24, 2.45) is 4.99 Å². The molecule has 1 aromatic heterocycles. The minimum atomic E-state index is -3.60. The topological polar surface area (TPSA) is 71.7 Å². The number of sulfonamides is 1. The Morgan fingerprint density at radius 3 is 2.59 bits per heavy atom. The molecule has 2 heterocycles. The molecule has 6 nitrogen and oxygen atoms in total. The number of carbonyl (C=O) groups excluding carboxylic acids is 1. The molecule has 170 valence electrons. The molecule has 1 saturated heterocycles. The second kappa shape index (κ2) is 9.25. The Morgan fingerprint density at radius 1 is 1.16 bits per heavy atom. The third-order valence-corrected chi connectivity index (χ3v) is 8.92. The summed E-state index contributed by atoms with van der Waals surface area (Å²) in [6, 6.07) is 10.5. The van der Waals surface area contributed by atoms with Crippen LogP contribution in [0.2, 0.25) is 0 Å². The third-order valence-electron chi connectivity index (χ3n) is 5.91. The number of thiazole rings is 1. The van der Waals surface area contributed by atoms with E-state index in [1.807, 2.05) is 18.4 Å². The second-order valence-electron chi connectivity index (χ2n) is 7.86. The molecule has 3 aromatic rings. The predicted octanol–water partition coefficient (Wildman–Crippen LogP) is 4.56. The highest BCUT2D eigenvalue weighted by atomic mass is 32.2. The van der Waals surface area contributed by atoms with Gasteiger partial charge in [-0.05, 0) is 68.7 Å². The smallest absolute Gasteiger partial charge is 0.279 e. The average Bonchev–Trinajstić information content (AvgIpc) is 3.14. The lowest BCUT2D eigenvalue weighted by Crippen LogP contribution is -2.43. The van der Waals surface area contributed by atoms with Crippen molar-refractivity contribution in [3.63, 3.8) is 0 Å². The van der Waals surface area contributed by atoms with Crippen molar-refractivity contribution in [1.82, 2.24) is 8.87 Å². The number of nitrogens with zero attached hydrogens (tertiary/aromatic N) is 3. The van der Waals surface area contributed by atoms with Gasteiger partial charge in [0.15, 0.2) is 4.80 Å². The fraction of sp³-hybridized carbons (Fsp3) is 0.391. The summed E-state index contributed by atoms with van der Waals surface area (Å²) < 4.78 is 44.0. The lowest BCUT2D eigenvalue weighted by molar-refractivity contribution is 0.0997. The van der Waals surface area contributed by atoms with Crippen molar-refractivity contribution in [3.05, 3.63) is 58.6 Å². The van der Waals surface area contributed by atoms with Gasteiger partial charge in [-0.3, -0.25) is 4.79 Å². The summed E-state index contributed by atoms with van der Waals surface area (Å²) in [6.45, 7) is 5.05. The van der Waals surface area contributed by atoms with Crippen LogP contribution < -0.4 is 4.80 Å². The van der Waals surface area contributed by atoms with Crippen molar-refractivity contribution in [2.45, 2.75) is 57.0 Å². The Hall–Kier alpha value is -2.36. The normalized spacial score (nSPS) is 18.3. The van der Waals surface area contributed by atoms with Gasteiger partial charge in [0.25, 0.3) is 5.91 Å². The highest BCUT2D eigenvalue weighted by Gasteiger charge is 2.32. The molecule has 4 rings (SSSR count). The summed E-state index contributed by atoms with van der Waals surface area (Å²) in [6.07, 6.45) is 3.57. The average molecular weight is 476 g/mol. The lowest BCUT2D eigenvalue weighted by Gasteiger charge is -2.34. The van der Waals surface area contributed by atoms with Crippen LogP contribution in [0.15, 0.2) is 52.4 Å². The van der Waals surface area contributed by atoms with Crippen LogP contribution in [0.25, 0.3) is 10.2 Å². The first-order valence-electron chi connectivity index (χ1n) is 10.8. The van der Waals surface area contributed by atoms with Gasteiger partial charge in [0, 0.05) is 24.7 Å². The maximum absolute atomic E-state index is 13.6. The number of halogens is 1. The molecular formula is C23H26FN3O3S2. The number of piperidine rings is 1. The van der Waals surface area contributed by atoms with E-state index in [0.717, 1.165) is 31.2 Å². The van der Waals surface area contributed by atoms with E-state index < -0.39 is 15.9 Å². The predicted molar refractivity (Wildman–Crippen MR) is 124 cm³/mol. The Morgan fingerprint density at radius 2 is 1.91 bits per heavy atom. The minimum Gasteiger partial charge on any atom is -0.317 e. The summed E-state index contributed by atoms with van der Waals surface area (Å²) >= 11 is 1.25. The molecule has 1 aliphatic rings. The van der Waals surface area contributed by atoms with Crippen LogP contribution in [0.1, 0.15) is 49.9 Å². The third kappa shape index (κ3) is 4.29. The summed E-state index contributed by atoms with van der Waals surface area (Å²) in [5.41, 5.74) is 1.12. The van der Waals surface area contributed by atoms with Crippen LogP contribution in [0, 0.1) is 5.82 Å². The SMILES string of the molecule is CCC1CCCCN1S(=O)(=O)c1ccc(C(=O)N=c2sc3cc(F)ccc3n2CC)cc1.